The first-order valence-corrected chi connectivity index (χ1v) is 9.21. The number of benzene rings is 1. The van der Waals surface area contributed by atoms with Crippen LogP contribution in [0.1, 0.15) is 34.9 Å². The lowest BCUT2D eigenvalue weighted by Gasteiger charge is -2.37. The molecule has 116 valence electrons. The molecule has 1 aliphatic carbocycles. The molecule has 1 atom stereocenters. The Morgan fingerprint density at radius 1 is 1.00 bits per heavy atom. The molecule has 3 heteroatoms. The van der Waals surface area contributed by atoms with Crippen molar-refractivity contribution in [1.29, 1.82) is 0 Å². The maximum Gasteiger partial charge on any atom is 0.0910 e. The molecule has 0 spiro atoms. The SMILES string of the molecule is OC(c1cccs1)C1CCN(C2Cc3ccccc3C2)CC1. The highest BCUT2D eigenvalue weighted by Gasteiger charge is 2.32. The quantitative estimate of drug-likeness (QED) is 0.935. The van der Waals surface area contributed by atoms with Gasteiger partial charge in [-0.05, 0) is 67.3 Å². The molecule has 2 heterocycles. The van der Waals surface area contributed by atoms with Gasteiger partial charge in [0.1, 0.15) is 0 Å². The fraction of sp³-hybridized carbons (Fsp3) is 0.474. The van der Waals surface area contributed by atoms with Gasteiger partial charge < -0.3 is 5.11 Å². The van der Waals surface area contributed by atoms with Crippen molar-refractivity contribution >= 4 is 11.3 Å². The number of nitrogens with zero attached hydrogens (tertiary/aromatic N) is 1. The molecule has 22 heavy (non-hydrogen) atoms. The highest BCUT2D eigenvalue weighted by atomic mass is 32.1. The second-order valence-corrected chi connectivity index (χ2v) is 7.64. The summed E-state index contributed by atoms with van der Waals surface area (Å²) in [4.78, 5) is 3.78. The van der Waals surface area contributed by atoms with Gasteiger partial charge in [0.25, 0.3) is 0 Å². The smallest absolute Gasteiger partial charge is 0.0910 e. The number of aliphatic hydroxyl groups is 1. The van der Waals surface area contributed by atoms with Gasteiger partial charge in [0.2, 0.25) is 0 Å². The minimum atomic E-state index is -0.261. The van der Waals surface area contributed by atoms with Crippen LogP contribution in [0.5, 0.6) is 0 Å². The normalized spacial score (nSPS) is 21.9. The molecule has 0 saturated carbocycles. The molecule has 2 aromatic rings. The van der Waals surface area contributed by atoms with Crippen LogP contribution < -0.4 is 0 Å². The number of aliphatic hydroxyl groups excluding tert-OH is 1. The summed E-state index contributed by atoms with van der Waals surface area (Å²) < 4.78 is 0. The maximum absolute atomic E-state index is 10.5. The summed E-state index contributed by atoms with van der Waals surface area (Å²) in [6.07, 6.45) is 4.38. The summed E-state index contributed by atoms with van der Waals surface area (Å²) in [6.45, 7) is 2.26. The van der Waals surface area contributed by atoms with E-state index in [0.717, 1.165) is 30.8 Å². The average Bonchev–Trinajstić information content (AvgIpc) is 3.23. The van der Waals surface area contributed by atoms with Crippen LogP contribution in [0.25, 0.3) is 0 Å². The van der Waals surface area contributed by atoms with E-state index < -0.39 is 0 Å². The van der Waals surface area contributed by atoms with Crippen LogP contribution >= 0.6 is 11.3 Å². The zero-order valence-electron chi connectivity index (χ0n) is 12.8. The standard InChI is InChI=1S/C19H23NOS/c21-19(18-6-3-11-22-18)14-7-9-20(10-8-14)17-12-15-4-1-2-5-16(15)13-17/h1-6,11,14,17,19,21H,7-10,12-13H2. The van der Waals surface area contributed by atoms with Crippen molar-refractivity contribution < 1.29 is 5.11 Å². The molecule has 2 nitrogen and oxygen atoms in total. The summed E-state index contributed by atoms with van der Waals surface area (Å²) in [5.74, 6) is 0.429. The number of rotatable bonds is 3. The first-order chi connectivity index (χ1) is 10.8. The van der Waals surface area contributed by atoms with E-state index >= 15 is 0 Å². The van der Waals surface area contributed by atoms with Crippen molar-refractivity contribution in [1.82, 2.24) is 4.90 Å². The molecule has 2 aliphatic rings. The number of fused-ring (bicyclic) bond motifs is 1. The minimum absolute atomic E-state index is 0.261. The Morgan fingerprint density at radius 2 is 1.68 bits per heavy atom. The Hall–Kier alpha value is -1.16. The fourth-order valence-electron chi connectivity index (χ4n) is 4.09. The first-order valence-electron chi connectivity index (χ1n) is 8.33. The number of hydrogen-bond acceptors (Lipinski definition) is 3. The lowest BCUT2D eigenvalue weighted by Crippen LogP contribution is -2.42. The van der Waals surface area contributed by atoms with E-state index in [1.165, 1.54) is 24.0 Å². The van der Waals surface area contributed by atoms with Crippen molar-refractivity contribution in [3.8, 4) is 0 Å². The van der Waals surface area contributed by atoms with Gasteiger partial charge in [-0.25, -0.2) is 0 Å². The number of hydrogen-bond donors (Lipinski definition) is 1. The van der Waals surface area contributed by atoms with Crippen LogP contribution in [0.2, 0.25) is 0 Å². The zero-order valence-corrected chi connectivity index (χ0v) is 13.6. The Bertz CT molecular complexity index is 591. The molecule has 0 radical (unpaired) electrons. The van der Waals surface area contributed by atoms with E-state index in [2.05, 4.69) is 40.6 Å². The third-order valence-corrected chi connectivity index (χ3v) is 6.34. The molecule has 0 bridgehead atoms. The minimum Gasteiger partial charge on any atom is -0.387 e. The number of thiophene rings is 1. The highest BCUT2D eigenvalue weighted by molar-refractivity contribution is 7.10. The van der Waals surface area contributed by atoms with Gasteiger partial charge in [0, 0.05) is 10.9 Å². The van der Waals surface area contributed by atoms with Crippen molar-refractivity contribution in [2.24, 2.45) is 5.92 Å². The van der Waals surface area contributed by atoms with Gasteiger partial charge in [-0.15, -0.1) is 11.3 Å². The van der Waals surface area contributed by atoms with Gasteiger partial charge >= 0.3 is 0 Å². The lowest BCUT2D eigenvalue weighted by atomic mass is 9.89. The first kappa shape index (κ1) is 14.4. The van der Waals surface area contributed by atoms with Gasteiger partial charge in [0.05, 0.1) is 6.10 Å². The van der Waals surface area contributed by atoms with E-state index in [1.54, 1.807) is 11.3 Å². The van der Waals surface area contributed by atoms with E-state index in [1.807, 2.05) is 6.07 Å². The van der Waals surface area contributed by atoms with Crippen LogP contribution in [0.4, 0.5) is 0 Å². The summed E-state index contributed by atoms with van der Waals surface area (Å²) in [5, 5.41) is 12.6. The Kier molecular flexibility index (Phi) is 4.03. The Labute approximate surface area is 136 Å². The fourth-order valence-corrected chi connectivity index (χ4v) is 4.89. The Balaban J connectivity index is 1.35. The molecule has 1 N–H and O–H groups in total. The van der Waals surface area contributed by atoms with Crippen LogP contribution in [0, 0.1) is 5.92 Å². The summed E-state index contributed by atoms with van der Waals surface area (Å²) in [7, 11) is 0. The van der Waals surface area contributed by atoms with Crippen molar-refractivity contribution in [3.05, 3.63) is 57.8 Å². The van der Waals surface area contributed by atoms with Gasteiger partial charge in [-0.1, -0.05) is 30.3 Å². The largest absolute Gasteiger partial charge is 0.387 e. The van der Waals surface area contributed by atoms with E-state index in [9.17, 15) is 5.11 Å². The average molecular weight is 313 g/mol. The molecule has 0 amide bonds. The third kappa shape index (κ3) is 2.73. The maximum atomic E-state index is 10.5. The van der Waals surface area contributed by atoms with Crippen LogP contribution in [0.3, 0.4) is 0 Å². The van der Waals surface area contributed by atoms with Crippen molar-refractivity contribution in [2.75, 3.05) is 13.1 Å². The van der Waals surface area contributed by atoms with E-state index in [4.69, 9.17) is 0 Å². The zero-order chi connectivity index (χ0) is 14.9. The predicted molar refractivity (Wildman–Crippen MR) is 91.2 cm³/mol. The summed E-state index contributed by atoms with van der Waals surface area (Å²) in [6, 6.07) is 13.7. The molecule has 1 aromatic carbocycles. The molecule has 1 aromatic heterocycles. The monoisotopic (exact) mass is 313 g/mol. The molecule has 1 aliphatic heterocycles. The second kappa shape index (κ2) is 6.15. The van der Waals surface area contributed by atoms with Crippen LogP contribution in [-0.4, -0.2) is 29.1 Å². The summed E-state index contributed by atoms with van der Waals surface area (Å²) in [5.41, 5.74) is 3.07. The van der Waals surface area contributed by atoms with Gasteiger partial charge in [-0.3, -0.25) is 4.90 Å². The van der Waals surface area contributed by atoms with Crippen LogP contribution in [0.15, 0.2) is 41.8 Å². The van der Waals surface area contributed by atoms with Gasteiger partial charge in [0.15, 0.2) is 0 Å². The van der Waals surface area contributed by atoms with Crippen LogP contribution in [-0.2, 0) is 12.8 Å². The van der Waals surface area contributed by atoms with E-state index in [0.29, 0.717) is 12.0 Å². The highest BCUT2D eigenvalue weighted by Crippen LogP contribution is 2.35. The molecular formula is C19H23NOS. The molecule has 1 fully saturated rings. The third-order valence-electron chi connectivity index (χ3n) is 5.40. The molecule has 1 unspecified atom stereocenters. The number of likely N-dealkylation sites (tertiary alicyclic amines) is 1. The predicted octanol–water partition coefficient (Wildman–Crippen LogP) is 3.66. The molecule has 1 saturated heterocycles. The van der Waals surface area contributed by atoms with E-state index in [-0.39, 0.29) is 6.10 Å². The van der Waals surface area contributed by atoms with Crippen molar-refractivity contribution in [2.45, 2.75) is 37.8 Å². The molecule has 4 rings (SSSR count). The summed E-state index contributed by atoms with van der Waals surface area (Å²) >= 11 is 1.68. The van der Waals surface area contributed by atoms with Crippen molar-refractivity contribution in [3.63, 3.8) is 0 Å². The number of piperidine rings is 1. The second-order valence-electron chi connectivity index (χ2n) is 6.66. The lowest BCUT2D eigenvalue weighted by molar-refractivity contribution is 0.0482. The van der Waals surface area contributed by atoms with Gasteiger partial charge in [-0.2, -0.15) is 0 Å². The Morgan fingerprint density at radius 3 is 2.27 bits per heavy atom. The topological polar surface area (TPSA) is 23.5 Å². The molecular weight excluding hydrogens is 290 g/mol.